The van der Waals surface area contributed by atoms with Crippen molar-refractivity contribution in [2.24, 2.45) is 11.3 Å². The zero-order valence-corrected chi connectivity index (χ0v) is 9.03. The van der Waals surface area contributed by atoms with Crippen LogP contribution < -0.4 is 0 Å². The molecule has 1 nitrogen and oxygen atoms in total. The maximum absolute atomic E-state index is 5.77. The van der Waals surface area contributed by atoms with E-state index in [-0.39, 0.29) is 5.41 Å². The van der Waals surface area contributed by atoms with Gasteiger partial charge in [-0.15, -0.1) is 18.2 Å². The smallest absolute Gasteiger partial charge is 0.0565 e. The first-order valence-electron chi connectivity index (χ1n) is 4.31. The van der Waals surface area contributed by atoms with Gasteiger partial charge in [-0.05, 0) is 5.92 Å². The molecule has 0 fully saturated rings. The summed E-state index contributed by atoms with van der Waals surface area (Å²) in [6, 6.07) is 0. The Kier molecular flexibility index (Phi) is 5.60. The van der Waals surface area contributed by atoms with Gasteiger partial charge in [0.2, 0.25) is 0 Å². The van der Waals surface area contributed by atoms with Crippen LogP contribution in [0.3, 0.4) is 0 Å². The maximum atomic E-state index is 5.77. The second kappa shape index (κ2) is 5.60. The van der Waals surface area contributed by atoms with Crippen LogP contribution in [-0.4, -0.2) is 19.1 Å². The molecule has 72 valence electrons. The van der Waals surface area contributed by atoms with E-state index < -0.39 is 0 Å². The predicted molar refractivity (Wildman–Crippen MR) is 54.7 cm³/mol. The van der Waals surface area contributed by atoms with Gasteiger partial charge in [0.1, 0.15) is 0 Å². The van der Waals surface area contributed by atoms with Gasteiger partial charge >= 0.3 is 0 Å². The van der Waals surface area contributed by atoms with Crippen molar-refractivity contribution < 1.29 is 4.74 Å². The maximum Gasteiger partial charge on any atom is 0.0565 e. The van der Waals surface area contributed by atoms with Crippen LogP contribution in [0.4, 0.5) is 0 Å². The lowest BCUT2D eigenvalue weighted by Crippen LogP contribution is -2.23. The summed E-state index contributed by atoms with van der Waals surface area (Å²) >= 11 is 5.77. The first kappa shape index (κ1) is 12.0. The third kappa shape index (κ3) is 4.78. The molecule has 0 N–H and O–H groups in total. The van der Waals surface area contributed by atoms with Crippen LogP contribution in [0.5, 0.6) is 0 Å². The predicted octanol–water partition coefficient (Wildman–Crippen LogP) is 3.09. The van der Waals surface area contributed by atoms with Gasteiger partial charge in [-0.2, -0.15) is 0 Å². The molecular weight excluding hydrogens is 172 g/mol. The molecule has 12 heavy (non-hydrogen) atoms. The summed E-state index contributed by atoms with van der Waals surface area (Å²) in [5.41, 5.74) is -0.0730. The van der Waals surface area contributed by atoms with Crippen LogP contribution in [0.25, 0.3) is 0 Å². The average Bonchev–Trinajstić information content (AvgIpc) is 2.03. The molecule has 0 spiro atoms. The van der Waals surface area contributed by atoms with E-state index in [1.807, 2.05) is 13.0 Å². The molecule has 0 rings (SSSR count). The van der Waals surface area contributed by atoms with Crippen LogP contribution in [0, 0.1) is 11.3 Å². The second-order valence-electron chi connectivity index (χ2n) is 3.90. The number of hydrogen-bond acceptors (Lipinski definition) is 1. The Morgan fingerprint density at radius 1 is 1.58 bits per heavy atom. The lowest BCUT2D eigenvalue weighted by Gasteiger charge is -2.22. The van der Waals surface area contributed by atoms with Crippen LogP contribution in [-0.2, 0) is 4.74 Å². The Morgan fingerprint density at radius 2 is 2.17 bits per heavy atom. The minimum atomic E-state index is -0.0730. The highest BCUT2D eigenvalue weighted by Crippen LogP contribution is 2.20. The highest BCUT2D eigenvalue weighted by atomic mass is 35.5. The summed E-state index contributed by atoms with van der Waals surface area (Å²) in [6.07, 6.45) is 1.86. The van der Waals surface area contributed by atoms with E-state index in [0.717, 1.165) is 6.61 Å². The summed E-state index contributed by atoms with van der Waals surface area (Å²) < 4.78 is 5.49. The minimum absolute atomic E-state index is 0.0730. The monoisotopic (exact) mass is 190 g/mol. The van der Waals surface area contributed by atoms with E-state index in [4.69, 9.17) is 16.3 Å². The number of ether oxygens (including phenoxy) is 1. The van der Waals surface area contributed by atoms with E-state index in [0.29, 0.717) is 18.4 Å². The summed E-state index contributed by atoms with van der Waals surface area (Å²) in [5, 5.41) is 0. The highest BCUT2D eigenvalue weighted by Gasteiger charge is 2.18. The molecule has 0 heterocycles. The average molecular weight is 191 g/mol. The normalized spacial score (nSPS) is 16.1. The zero-order chi connectivity index (χ0) is 9.61. The molecule has 0 saturated carbocycles. The third-order valence-corrected chi connectivity index (χ3v) is 2.29. The Hall–Kier alpha value is -0.0100. The van der Waals surface area contributed by atoms with Gasteiger partial charge in [-0.3, -0.25) is 0 Å². The molecule has 1 atom stereocenters. The Bertz CT molecular complexity index is 134. The van der Waals surface area contributed by atoms with E-state index in [1.165, 1.54) is 0 Å². The van der Waals surface area contributed by atoms with Gasteiger partial charge in [0.25, 0.3) is 0 Å². The van der Waals surface area contributed by atoms with Crippen LogP contribution >= 0.6 is 11.6 Å². The van der Waals surface area contributed by atoms with Crippen LogP contribution in [0.2, 0.25) is 0 Å². The van der Waals surface area contributed by atoms with E-state index in [9.17, 15) is 0 Å². The molecule has 0 bridgehead atoms. The van der Waals surface area contributed by atoms with Crippen molar-refractivity contribution in [1.82, 2.24) is 0 Å². The number of hydrogen-bond donors (Lipinski definition) is 0. The van der Waals surface area contributed by atoms with Crippen LogP contribution in [0.1, 0.15) is 20.8 Å². The van der Waals surface area contributed by atoms with Crippen molar-refractivity contribution >= 4 is 11.6 Å². The summed E-state index contributed by atoms with van der Waals surface area (Å²) in [5.74, 6) is 1.14. The van der Waals surface area contributed by atoms with E-state index in [1.54, 1.807) is 0 Å². The van der Waals surface area contributed by atoms with Crippen molar-refractivity contribution in [3.05, 3.63) is 12.7 Å². The topological polar surface area (TPSA) is 9.23 Å². The third-order valence-electron chi connectivity index (χ3n) is 1.68. The number of alkyl halides is 1. The largest absolute Gasteiger partial charge is 0.380 e. The molecule has 0 aromatic heterocycles. The van der Waals surface area contributed by atoms with Gasteiger partial charge < -0.3 is 4.74 Å². The van der Waals surface area contributed by atoms with Crippen LogP contribution in [0.15, 0.2) is 12.7 Å². The molecule has 0 saturated heterocycles. The van der Waals surface area contributed by atoms with Gasteiger partial charge in [-0.1, -0.05) is 26.8 Å². The highest BCUT2D eigenvalue weighted by molar-refractivity contribution is 6.18. The molecule has 0 radical (unpaired) electrons. The molecular formula is C10H19ClO. The Labute approximate surface area is 80.8 Å². The molecule has 0 aromatic carbocycles. The fourth-order valence-electron chi connectivity index (χ4n) is 0.680. The quantitative estimate of drug-likeness (QED) is 0.462. The lowest BCUT2D eigenvalue weighted by molar-refractivity contribution is 0.0668. The SMILES string of the molecule is C=CC(C)(CCl)COCC(C)C. The molecule has 0 aliphatic heterocycles. The fourth-order valence-corrected chi connectivity index (χ4v) is 0.866. The number of halogens is 1. The molecule has 2 heteroatoms. The molecule has 0 amide bonds. The first-order valence-corrected chi connectivity index (χ1v) is 4.85. The van der Waals surface area contributed by atoms with E-state index >= 15 is 0 Å². The van der Waals surface area contributed by atoms with Gasteiger partial charge in [-0.25, -0.2) is 0 Å². The Morgan fingerprint density at radius 3 is 2.50 bits per heavy atom. The molecule has 0 aromatic rings. The van der Waals surface area contributed by atoms with Crippen molar-refractivity contribution in [2.75, 3.05) is 19.1 Å². The number of rotatable bonds is 6. The standard InChI is InChI=1S/C10H19ClO/c1-5-10(4,7-11)8-12-6-9(2)3/h5,9H,1,6-8H2,2-4H3. The molecule has 1 unspecified atom stereocenters. The van der Waals surface area contributed by atoms with Gasteiger partial charge in [0.05, 0.1) is 6.61 Å². The Balaban J connectivity index is 3.66. The fraction of sp³-hybridized carbons (Fsp3) is 0.800. The van der Waals surface area contributed by atoms with Gasteiger partial charge in [0.15, 0.2) is 0 Å². The van der Waals surface area contributed by atoms with Crippen molar-refractivity contribution in [3.8, 4) is 0 Å². The van der Waals surface area contributed by atoms with Crippen molar-refractivity contribution in [1.29, 1.82) is 0 Å². The molecule has 0 aliphatic rings. The van der Waals surface area contributed by atoms with Crippen molar-refractivity contribution in [2.45, 2.75) is 20.8 Å². The lowest BCUT2D eigenvalue weighted by atomic mass is 9.95. The zero-order valence-electron chi connectivity index (χ0n) is 8.27. The minimum Gasteiger partial charge on any atom is -0.380 e. The summed E-state index contributed by atoms with van der Waals surface area (Å²) in [6.45, 7) is 11.5. The summed E-state index contributed by atoms with van der Waals surface area (Å²) in [4.78, 5) is 0. The first-order chi connectivity index (χ1) is 5.54. The summed E-state index contributed by atoms with van der Waals surface area (Å²) in [7, 11) is 0. The molecule has 0 aliphatic carbocycles. The van der Waals surface area contributed by atoms with Crippen molar-refractivity contribution in [3.63, 3.8) is 0 Å². The van der Waals surface area contributed by atoms with Gasteiger partial charge in [0, 0.05) is 17.9 Å². The van der Waals surface area contributed by atoms with E-state index in [2.05, 4.69) is 20.4 Å². The second-order valence-corrected chi connectivity index (χ2v) is 4.17.